The fourth-order valence-corrected chi connectivity index (χ4v) is 3.53. The van der Waals surface area contributed by atoms with Crippen LogP contribution in [0.25, 0.3) is 15.5 Å². The van der Waals surface area contributed by atoms with Crippen molar-refractivity contribution in [3.8, 4) is 10.6 Å². The number of nitrogens with zero attached hydrogens (tertiary/aromatic N) is 5. The number of carbonyl (C=O) groups is 1. The number of hydrogen-bond donors (Lipinski definition) is 0. The molecule has 0 N–H and O–H groups in total. The minimum Gasteiger partial charge on any atom is -0.336 e. The maximum Gasteiger partial charge on any atom is 0.293 e. The van der Waals surface area contributed by atoms with Gasteiger partial charge in [-0.15, -0.1) is 10.2 Å². The van der Waals surface area contributed by atoms with Gasteiger partial charge >= 0.3 is 0 Å². The molecule has 1 fully saturated rings. The molecule has 0 unspecified atom stereocenters. The number of piperidine rings is 1. The Morgan fingerprint density at radius 1 is 1.05 bits per heavy atom. The fraction of sp³-hybridized carbons (Fsp3) is 0.333. The monoisotopic (exact) mass is 313 g/mol. The molecule has 0 saturated carbocycles. The van der Waals surface area contributed by atoms with Crippen LogP contribution in [0.5, 0.6) is 0 Å². The Balaban J connectivity index is 1.70. The average Bonchev–Trinajstić information content (AvgIpc) is 3.16. The highest BCUT2D eigenvalue weighted by Crippen LogP contribution is 2.25. The molecule has 3 heterocycles. The third-order valence-corrected chi connectivity index (χ3v) is 4.79. The lowest BCUT2D eigenvalue weighted by Gasteiger charge is -2.25. The topological polar surface area (TPSA) is 63.4 Å². The molecular weight excluding hydrogens is 298 g/mol. The van der Waals surface area contributed by atoms with Gasteiger partial charge in [-0.2, -0.15) is 9.61 Å². The van der Waals surface area contributed by atoms with E-state index in [9.17, 15) is 4.79 Å². The van der Waals surface area contributed by atoms with Crippen LogP contribution >= 0.6 is 11.3 Å². The summed E-state index contributed by atoms with van der Waals surface area (Å²) in [6.07, 6.45) is 3.30. The zero-order valence-corrected chi connectivity index (χ0v) is 12.8. The van der Waals surface area contributed by atoms with Crippen molar-refractivity contribution in [2.24, 2.45) is 0 Å². The minimum atomic E-state index is -0.0721. The summed E-state index contributed by atoms with van der Waals surface area (Å²) < 4.78 is 1.57. The molecule has 6 nitrogen and oxygen atoms in total. The Morgan fingerprint density at radius 3 is 2.59 bits per heavy atom. The van der Waals surface area contributed by atoms with Crippen LogP contribution < -0.4 is 0 Å². The molecule has 22 heavy (non-hydrogen) atoms. The summed E-state index contributed by atoms with van der Waals surface area (Å²) in [6, 6.07) is 9.90. The van der Waals surface area contributed by atoms with Crippen LogP contribution in [-0.4, -0.2) is 43.7 Å². The molecule has 0 bridgehead atoms. The van der Waals surface area contributed by atoms with Gasteiger partial charge in [0.15, 0.2) is 0 Å². The van der Waals surface area contributed by atoms with Gasteiger partial charge in [-0.1, -0.05) is 41.7 Å². The second-order valence-electron chi connectivity index (χ2n) is 5.34. The van der Waals surface area contributed by atoms with Crippen LogP contribution in [0.15, 0.2) is 30.3 Å². The predicted molar refractivity (Wildman–Crippen MR) is 83.8 cm³/mol. The molecule has 0 aliphatic carbocycles. The first kappa shape index (κ1) is 13.4. The quantitative estimate of drug-likeness (QED) is 0.729. The minimum absolute atomic E-state index is 0.0721. The molecule has 0 atom stereocenters. The maximum absolute atomic E-state index is 12.6. The van der Waals surface area contributed by atoms with E-state index in [4.69, 9.17) is 0 Å². The number of rotatable bonds is 2. The lowest BCUT2D eigenvalue weighted by molar-refractivity contribution is 0.0709. The average molecular weight is 313 g/mol. The van der Waals surface area contributed by atoms with Gasteiger partial charge in [-0.05, 0) is 19.3 Å². The zero-order valence-electron chi connectivity index (χ0n) is 12.0. The Bertz CT molecular complexity index is 804. The van der Waals surface area contributed by atoms with Crippen molar-refractivity contribution in [3.05, 3.63) is 36.2 Å². The van der Waals surface area contributed by atoms with Crippen molar-refractivity contribution in [1.29, 1.82) is 0 Å². The molecule has 0 radical (unpaired) electrons. The van der Waals surface area contributed by atoms with Crippen molar-refractivity contribution in [3.63, 3.8) is 0 Å². The molecule has 0 spiro atoms. The lowest BCUT2D eigenvalue weighted by atomic mass is 10.1. The van der Waals surface area contributed by atoms with Gasteiger partial charge in [-0.25, -0.2) is 0 Å². The summed E-state index contributed by atoms with van der Waals surface area (Å²) in [5, 5.41) is 13.5. The second-order valence-corrected chi connectivity index (χ2v) is 6.30. The largest absolute Gasteiger partial charge is 0.336 e. The molecule has 1 aromatic carbocycles. The summed E-state index contributed by atoms with van der Waals surface area (Å²) in [5.41, 5.74) is 1.02. The maximum atomic E-state index is 12.6. The highest BCUT2D eigenvalue weighted by atomic mass is 32.1. The Kier molecular flexibility index (Phi) is 3.34. The molecule has 7 heteroatoms. The van der Waals surface area contributed by atoms with E-state index >= 15 is 0 Å². The van der Waals surface area contributed by atoms with Gasteiger partial charge < -0.3 is 4.90 Å². The van der Waals surface area contributed by atoms with Crippen LogP contribution in [0.4, 0.5) is 0 Å². The molecule has 4 rings (SSSR count). The molecule has 2 aromatic heterocycles. The summed E-state index contributed by atoms with van der Waals surface area (Å²) in [6.45, 7) is 1.59. The van der Waals surface area contributed by atoms with E-state index in [2.05, 4.69) is 15.3 Å². The number of benzene rings is 1. The van der Waals surface area contributed by atoms with Gasteiger partial charge in [0.1, 0.15) is 5.01 Å². The summed E-state index contributed by atoms with van der Waals surface area (Å²) in [5.74, 6) is 0.243. The van der Waals surface area contributed by atoms with Crippen molar-refractivity contribution in [2.45, 2.75) is 19.3 Å². The SMILES string of the molecule is O=C(c1nnc2sc(-c3ccccc3)nn12)N1CCCCC1. The van der Waals surface area contributed by atoms with Crippen LogP contribution in [0.2, 0.25) is 0 Å². The first-order chi connectivity index (χ1) is 10.8. The van der Waals surface area contributed by atoms with Crippen molar-refractivity contribution >= 4 is 22.2 Å². The van der Waals surface area contributed by atoms with Gasteiger partial charge in [0.2, 0.25) is 10.8 Å². The molecule has 112 valence electrons. The Morgan fingerprint density at radius 2 is 1.82 bits per heavy atom. The van der Waals surface area contributed by atoms with Gasteiger partial charge in [0.25, 0.3) is 5.91 Å². The van der Waals surface area contributed by atoms with Crippen molar-refractivity contribution in [1.82, 2.24) is 24.7 Å². The van der Waals surface area contributed by atoms with Gasteiger partial charge in [0.05, 0.1) is 0 Å². The van der Waals surface area contributed by atoms with Crippen molar-refractivity contribution < 1.29 is 4.79 Å². The van der Waals surface area contributed by atoms with Crippen molar-refractivity contribution in [2.75, 3.05) is 13.1 Å². The number of likely N-dealkylation sites (tertiary alicyclic amines) is 1. The number of aromatic nitrogens is 4. The van der Waals surface area contributed by atoms with Crippen LogP contribution in [0.3, 0.4) is 0 Å². The number of carbonyl (C=O) groups excluding carboxylic acids is 1. The molecule has 1 amide bonds. The normalized spacial score (nSPS) is 15.4. The number of amides is 1. The second kappa shape index (κ2) is 5.49. The zero-order chi connectivity index (χ0) is 14.9. The van der Waals surface area contributed by atoms with E-state index in [0.717, 1.165) is 36.5 Å². The van der Waals surface area contributed by atoms with E-state index in [1.165, 1.54) is 17.8 Å². The lowest BCUT2D eigenvalue weighted by Crippen LogP contribution is -2.36. The molecule has 3 aromatic rings. The van der Waals surface area contributed by atoms with Crippen LogP contribution in [0.1, 0.15) is 29.9 Å². The fourth-order valence-electron chi connectivity index (χ4n) is 2.69. The highest BCUT2D eigenvalue weighted by Gasteiger charge is 2.24. The first-order valence-corrected chi connectivity index (χ1v) is 8.21. The van der Waals surface area contributed by atoms with Crippen LogP contribution in [0, 0.1) is 0 Å². The Labute approximate surface area is 131 Å². The Hall–Kier alpha value is -2.28. The third-order valence-electron chi connectivity index (χ3n) is 3.85. The van der Waals surface area contributed by atoms with Gasteiger partial charge in [0, 0.05) is 18.7 Å². The number of hydrogen-bond acceptors (Lipinski definition) is 5. The van der Waals surface area contributed by atoms with E-state index in [1.807, 2.05) is 35.2 Å². The van der Waals surface area contributed by atoms with Gasteiger partial charge in [-0.3, -0.25) is 4.79 Å². The molecule has 1 aliphatic heterocycles. The summed E-state index contributed by atoms with van der Waals surface area (Å²) >= 11 is 1.44. The standard InChI is InChI=1S/C15H15N5OS/c21-14(19-9-5-2-6-10-19)12-16-17-15-20(12)18-13(22-15)11-7-3-1-4-8-11/h1,3-4,7-8H,2,5-6,9-10H2. The van der Waals surface area contributed by atoms with E-state index in [-0.39, 0.29) is 5.91 Å². The highest BCUT2D eigenvalue weighted by molar-refractivity contribution is 7.19. The van der Waals surface area contributed by atoms with E-state index in [1.54, 1.807) is 4.52 Å². The summed E-state index contributed by atoms with van der Waals surface area (Å²) in [7, 11) is 0. The molecular formula is C15H15N5OS. The summed E-state index contributed by atoms with van der Waals surface area (Å²) in [4.78, 5) is 15.1. The first-order valence-electron chi connectivity index (χ1n) is 7.40. The van der Waals surface area contributed by atoms with Crippen LogP contribution in [-0.2, 0) is 0 Å². The molecule has 1 saturated heterocycles. The predicted octanol–water partition coefficient (Wildman–Crippen LogP) is 2.48. The van der Waals surface area contributed by atoms with E-state index in [0.29, 0.717) is 10.8 Å². The van der Waals surface area contributed by atoms with E-state index < -0.39 is 0 Å². The third kappa shape index (κ3) is 2.27. The number of fused-ring (bicyclic) bond motifs is 1. The molecule has 1 aliphatic rings. The smallest absolute Gasteiger partial charge is 0.293 e.